The van der Waals surface area contributed by atoms with Crippen LogP contribution in [0, 0.1) is 51.8 Å². The Morgan fingerprint density at radius 3 is 2.29 bits per heavy atom. The zero-order valence-corrected chi connectivity index (χ0v) is 23.2. The Hall–Kier alpha value is -0.650. The fraction of sp³-hybridized carbons (Fsp3) is 0.862. The molecule has 0 spiro atoms. The Bertz CT molecular complexity index is 924. The standard InChI is InChI=1S/C29H48O4S/c1-19(2)20(3)8-9-21(4)24-13-16-29(7)26-11-10-22-18-23(33-34(30,31)32)12-15-27(22,5)25(26)14-17-28(24,29)6/h8-9,20-26H,1,10-18H2,2-7H3,(H,30,31,32). The van der Waals surface area contributed by atoms with Gasteiger partial charge in [0.15, 0.2) is 0 Å². The van der Waals surface area contributed by atoms with Gasteiger partial charge in [-0.05, 0) is 116 Å². The summed E-state index contributed by atoms with van der Waals surface area (Å²) in [5, 5.41) is 0. The Morgan fingerprint density at radius 1 is 0.971 bits per heavy atom. The third-order valence-corrected chi connectivity index (χ3v) is 12.4. The van der Waals surface area contributed by atoms with Crippen molar-refractivity contribution in [2.24, 2.45) is 51.8 Å². The summed E-state index contributed by atoms with van der Waals surface area (Å²) in [6, 6.07) is 0. The second kappa shape index (κ2) is 9.03. The number of allylic oxidation sites excluding steroid dienone is 3. The first-order chi connectivity index (χ1) is 15.7. The average Bonchev–Trinajstić information content (AvgIpc) is 3.02. The van der Waals surface area contributed by atoms with Crippen molar-refractivity contribution in [3.05, 3.63) is 24.3 Å². The van der Waals surface area contributed by atoms with Crippen LogP contribution in [0.3, 0.4) is 0 Å². The van der Waals surface area contributed by atoms with Crippen LogP contribution < -0.4 is 0 Å². The van der Waals surface area contributed by atoms with Crippen molar-refractivity contribution in [2.45, 2.75) is 105 Å². The van der Waals surface area contributed by atoms with Crippen LogP contribution in [-0.2, 0) is 14.6 Å². The highest BCUT2D eigenvalue weighted by atomic mass is 32.3. The van der Waals surface area contributed by atoms with Crippen LogP contribution in [0.2, 0.25) is 0 Å². The Balaban J connectivity index is 1.52. The first-order valence-corrected chi connectivity index (χ1v) is 15.1. The summed E-state index contributed by atoms with van der Waals surface area (Å²) in [6.07, 6.45) is 14.6. The molecule has 10 atom stereocenters. The zero-order valence-electron chi connectivity index (χ0n) is 22.3. The molecule has 4 aliphatic rings. The SMILES string of the molecule is C=C(C)C(C)C=CC(C)C1CCC2(C)C3CCC4CC(OS(=O)(=O)O)CCC4(C)C3CCC12C. The minimum atomic E-state index is -4.37. The molecule has 1 N–H and O–H groups in total. The quantitative estimate of drug-likeness (QED) is 0.306. The van der Waals surface area contributed by atoms with Crippen LogP contribution in [-0.4, -0.2) is 19.1 Å². The normalized spacial score (nSPS) is 46.4. The van der Waals surface area contributed by atoms with Crippen LogP contribution >= 0.6 is 0 Å². The van der Waals surface area contributed by atoms with Crippen molar-refractivity contribution < 1.29 is 17.2 Å². The molecular weight excluding hydrogens is 444 g/mol. The maximum absolute atomic E-state index is 11.3. The molecule has 34 heavy (non-hydrogen) atoms. The Kier molecular flexibility index (Phi) is 7.01. The molecule has 0 aliphatic heterocycles. The van der Waals surface area contributed by atoms with Crippen molar-refractivity contribution in [1.82, 2.24) is 0 Å². The number of rotatable bonds is 6. The fourth-order valence-electron chi connectivity index (χ4n) is 9.41. The minimum absolute atomic E-state index is 0.257. The third kappa shape index (κ3) is 4.36. The molecular formula is C29H48O4S. The number of hydrogen-bond acceptors (Lipinski definition) is 3. The summed E-state index contributed by atoms with van der Waals surface area (Å²) in [4.78, 5) is 0. The van der Waals surface area contributed by atoms with E-state index in [9.17, 15) is 13.0 Å². The van der Waals surface area contributed by atoms with Crippen molar-refractivity contribution in [3.63, 3.8) is 0 Å². The fourth-order valence-corrected chi connectivity index (χ4v) is 9.93. The molecule has 0 aromatic rings. The van der Waals surface area contributed by atoms with Crippen LogP contribution in [0.5, 0.6) is 0 Å². The summed E-state index contributed by atoms with van der Waals surface area (Å²) >= 11 is 0. The van der Waals surface area contributed by atoms with E-state index in [-0.39, 0.29) is 11.5 Å². The topological polar surface area (TPSA) is 63.6 Å². The van der Waals surface area contributed by atoms with Crippen LogP contribution in [0.25, 0.3) is 0 Å². The van der Waals surface area contributed by atoms with Gasteiger partial charge in [0.1, 0.15) is 0 Å². The van der Waals surface area contributed by atoms with E-state index in [1.165, 1.54) is 37.7 Å². The molecule has 4 fully saturated rings. The lowest BCUT2D eigenvalue weighted by atomic mass is 9.40. The van der Waals surface area contributed by atoms with Crippen LogP contribution in [0.4, 0.5) is 0 Å². The van der Waals surface area contributed by atoms with Crippen molar-refractivity contribution in [3.8, 4) is 0 Å². The lowest BCUT2D eigenvalue weighted by Crippen LogP contribution is -2.58. The van der Waals surface area contributed by atoms with Gasteiger partial charge in [-0.2, -0.15) is 8.42 Å². The van der Waals surface area contributed by atoms with Gasteiger partial charge in [0, 0.05) is 0 Å². The lowest BCUT2D eigenvalue weighted by Gasteiger charge is -2.65. The van der Waals surface area contributed by atoms with Crippen molar-refractivity contribution >= 4 is 10.4 Å². The average molecular weight is 493 g/mol. The van der Waals surface area contributed by atoms with Gasteiger partial charge in [-0.3, -0.25) is 4.55 Å². The Labute approximate surface area is 209 Å². The number of hydrogen-bond donors (Lipinski definition) is 1. The molecule has 0 amide bonds. The molecule has 0 aromatic heterocycles. The van der Waals surface area contributed by atoms with Gasteiger partial charge in [0.2, 0.25) is 0 Å². The second-order valence-electron chi connectivity index (χ2n) is 13.3. The highest BCUT2D eigenvalue weighted by molar-refractivity contribution is 7.80. The van der Waals surface area contributed by atoms with Gasteiger partial charge in [-0.25, -0.2) is 4.18 Å². The van der Waals surface area contributed by atoms with E-state index in [0.717, 1.165) is 37.5 Å². The summed E-state index contributed by atoms with van der Waals surface area (Å²) in [5.41, 5.74) is 2.23. The van der Waals surface area contributed by atoms with Gasteiger partial charge >= 0.3 is 10.4 Å². The largest absolute Gasteiger partial charge is 0.397 e. The molecule has 194 valence electrons. The molecule has 0 heterocycles. The predicted molar refractivity (Wildman–Crippen MR) is 139 cm³/mol. The maximum atomic E-state index is 11.3. The molecule has 4 saturated carbocycles. The molecule has 0 aromatic carbocycles. The summed E-state index contributed by atoms with van der Waals surface area (Å²) in [6.45, 7) is 18.6. The van der Waals surface area contributed by atoms with E-state index in [1.54, 1.807) is 0 Å². The molecule has 5 heteroatoms. The van der Waals surface area contributed by atoms with E-state index < -0.39 is 10.4 Å². The molecule has 0 bridgehead atoms. The van der Waals surface area contributed by atoms with E-state index in [0.29, 0.717) is 34.5 Å². The van der Waals surface area contributed by atoms with E-state index in [2.05, 4.69) is 60.3 Å². The molecule has 10 unspecified atom stereocenters. The van der Waals surface area contributed by atoms with E-state index in [1.807, 2.05) is 0 Å². The Morgan fingerprint density at radius 2 is 1.65 bits per heavy atom. The van der Waals surface area contributed by atoms with Gasteiger partial charge < -0.3 is 0 Å². The molecule has 0 saturated heterocycles. The smallest absolute Gasteiger partial charge is 0.264 e. The molecule has 4 nitrogen and oxygen atoms in total. The second-order valence-corrected chi connectivity index (χ2v) is 14.4. The van der Waals surface area contributed by atoms with E-state index >= 15 is 0 Å². The molecule has 4 aliphatic carbocycles. The monoisotopic (exact) mass is 492 g/mol. The van der Waals surface area contributed by atoms with Crippen LogP contribution in [0.1, 0.15) is 99.3 Å². The predicted octanol–water partition coefficient (Wildman–Crippen LogP) is 7.63. The number of fused-ring (bicyclic) bond motifs is 5. The van der Waals surface area contributed by atoms with Crippen molar-refractivity contribution in [1.29, 1.82) is 0 Å². The van der Waals surface area contributed by atoms with Gasteiger partial charge in [-0.1, -0.05) is 58.9 Å². The van der Waals surface area contributed by atoms with Crippen LogP contribution in [0.15, 0.2) is 24.3 Å². The third-order valence-electron chi connectivity index (χ3n) is 11.9. The van der Waals surface area contributed by atoms with E-state index in [4.69, 9.17) is 4.18 Å². The first kappa shape index (κ1) is 26.4. The highest BCUT2D eigenvalue weighted by Gasteiger charge is 2.65. The first-order valence-electron chi connectivity index (χ1n) is 13.7. The van der Waals surface area contributed by atoms with Gasteiger partial charge in [-0.15, -0.1) is 0 Å². The molecule has 0 radical (unpaired) electrons. The van der Waals surface area contributed by atoms with Gasteiger partial charge in [0.25, 0.3) is 0 Å². The molecule has 4 rings (SSSR count). The highest BCUT2D eigenvalue weighted by Crippen LogP contribution is 2.73. The minimum Gasteiger partial charge on any atom is -0.264 e. The lowest BCUT2D eigenvalue weighted by molar-refractivity contribution is -0.162. The maximum Gasteiger partial charge on any atom is 0.397 e. The summed E-state index contributed by atoms with van der Waals surface area (Å²) in [5.74, 6) is 3.71. The summed E-state index contributed by atoms with van der Waals surface area (Å²) < 4.78 is 36.8. The summed E-state index contributed by atoms with van der Waals surface area (Å²) in [7, 11) is -4.37. The zero-order chi connectivity index (χ0) is 25.1. The van der Waals surface area contributed by atoms with Crippen molar-refractivity contribution in [2.75, 3.05) is 0 Å². The van der Waals surface area contributed by atoms with Gasteiger partial charge in [0.05, 0.1) is 6.10 Å².